The predicted molar refractivity (Wildman–Crippen MR) is 107 cm³/mol. The number of piperazine rings is 1. The molecule has 2 aromatic carbocycles. The molecule has 28 heavy (non-hydrogen) atoms. The maximum absolute atomic E-state index is 12.7. The number of nitrogens with one attached hydrogen (secondary N) is 1. The minimum atomic E-state index is -0.220. The lowest BCUT2D eigenvalue weighted by Crippen LogP contribution is -2.48. The van der Waals surface area contributed by atoms with Crippen LogP contribution < -0.4 is 5.32 Å². The van der Waals surface area contributed by atoms with Crippen LogP contribution in [0.2, 0.25) is 5.02 Å². The first-order valence-corrected chi connectivity index (χ1v) is 9.56. The van der Waals surface area contributed by atoms with Crippen molar-refractivity contribution in [2.45, 2.75) is 6.42 Å². The van der Waals surface area contributed by atoms with Gasteiger partial charge in [-0.25, -0.2) is 0 Å². The summed E-state index contributed by atoms with van der Waals surface area (Å²) < 4.78 is 0. The fraction of sp³-hybridized carbons (Fsp3) is 0.286. The molecule has 2 aromatic rings. The second-order valence-corrected chi connectivity index (χ2v) is 7.09. The molecule has 1 aliphatic heterocycles. The summed E-state index contributed by atoms with van der Waals surface area (Å²) in [5.41, 5.74) is 1.97. The summed E-state index contributed by atoms with van der Waals surface area (Å²) in [5, 5.41) is 3.54. The van der Waals surface area contributed by atoms with Crippen LogP contribution in [0.1, 0.15) is 26.3 Å². The molecule has 7 heteroatoms. The number of carbonyl (C=O) groups excluding carboxylic acids is 3. The van der Waals surface area contributed by atoms with Crippen molar-refractivity contribution < 1.29 is 14.4 Å². The smallest absolute Gasteiger partial charge is 0.253 e. The fourth-order valence-corrected chi connectivity index (χ4v) is 3.33. The first kappa shape index (κ1) is 19.9. The Balaban J connectivity index is 1.57. The fourth-order valence-electron chi connectivity index (χ4n) is 3.12. The number of hydrogen-bond donors (Lipinski definition) is 1. The minimum absolute atomic E-state index is 0.126. The number of nitrogens with zero attached hydrogens (tertiary/aromatic N) is 2. The van der Waals surface area contributed by atoms with E-state index >= 15 is 0 Å². The number of benzene rings is 2. The van der Waals surface area contributed by atoms with E-state index in [2.05, 4.69) is 5.32 Å². The molecule has 1 fully saturated rings. The van der Waals surface area contributed by atoms with Gasteiger partial charge in [0.05, 0.1) is 0 Å². The summed E-state index contributed by atoms with van der Waals surface area (Å²) in [7, 11) is 0. The molecule has 6 nitrogen and oxygen atoms in total. The van der Waals surface area contributed by atoms with Gasteiger partial charge in [0.2, 0.25) is 6.41 Å². The molecule has 1 N–H and O–H groups in total. The first-order valence-electron chi connectivity index (χ1n) is 9.18. The zero-order chi connectivity index (χ0) is 19.9. The van der Waals surface area contributed by atoms with Gasteiger partial charge in [0.1, 0.15) is 0 Å². The highest BCUT2D eigenvalue weighted by Gasteiger charge is 2.21. The Morgan fingerprint density at radius 1 is 1.00 bits per heavy atom. The van der Waals surface area contributed by atoms with Crippen LogP contribution >= 0.6 is 11.6 Å². The molecule has 0 bridgehead atoms. The van der Waals surface area contributed by atoms with Crippen LogP contribution in [-0.2, 0) is 11.2 Å². The van der Waals surface area contributed by atoms with Crippen LogP contribution in [0.3, 0.4) is 0 Å². The molecule has 146 valence electrons. The average Bonchev–Trinajstić information content (AvgIpc) is 2.73. The summed E-state index contributed by atoms with van der Waals surface area (Å²) in [6, 6.07) is 14.2. The average molecular weight is 400 g/mol. The van der Waals surface area contributed by atoms with Gasteiger partial charge < -0.3 is 15.1 Å². The Labute approximate surface area is 169 Å². The molecule has 0 saturated carbocycles. The van der Waals surface area contributed by atoms with Crippen molar-refractivity contribution in [3.05, 3.63) is 70.2 Å². The summed E-state index contributed by atoms with van der Waals surface area (Å²) in [4.78, 5) is 39.2. The molecule has 1 aliphatic rings. The molecule has 0 spiro atoms. The van der Waals surface area contributed by atoms with Gasteiger partial charge in [-0.15, -0.1) is 0 Å². The summed E-state index contributed by atoms with van der Waals surface area (Å²) >= 11 is 5.97. The number of halogens is 1. The summed E-state index contributed by atoms with van der Waals surface area (Å²) in [6.07, 6.45) is 1.47. The Kier molecular flexibility index (Phi) is 6.66. The van der Waals surface area contributed by atoms with Crippen LogP contribution in [0.5, 0.6) is 0 Å². The summed E-state index contributed by atoms with van der Waals surface area (Å²) in [6.45, 7) is 2.52. The lowest BCUT2D eigenvalue weighted by Gasteiger charge is -2.32. The highest BCUT2D eigenvalue weighted by atomic mass is 35.5. The Morgan fingerprint density at radius 2 is 1.71 bits per heavy atom. The molecular formula is C21H22ClN3O3. The van der Waals surface area contributed by atoms with Crippen LogP contribution in [0.25, 0.3) is 0 Å². The second-order valence-electron chi connectivity index (χ2n) is 6.65. The number of rotatable bonds is 6. The largest absolute Gasteiger partial charge is 0.352 e. The van der Waals surface area contributed by atoms with Crippen LogP contribution in [0.4, 0.5) is 0 Å². The molecule has 0 unspecified atom stereocenters. The van der Waals surface area contributed by atoms with Crippen molar-refractivity contribution in [3.63, 3.8) is 0 Å². The van der Waals surface area contributed by atoms with Gasteiger partial charge in [-0.3, -0.25) is 14.4 Å². The van der Waals surface area contributed by atoms with E-state index in [9.17, 15) is 14.4 Å². The van der Waals surface area contributed by atoms with Crippen molar-refractivity contribution >= 4 is 29.8 Å². The molecule has 3 amide bonds. The van der Waals surface area contributed by atoms with Crippen molar-refractivity contribution in [3.8, 4) is 0 Å². The molecule has 0 aliphatic carbocycles. The van der Waals surface area contributed by atoms with E-state index in [-0.39, 0.29) is 11.8 Å². The van der Waals surface area contributed by atoms with Gasteiger partial charge in [-0.1, -0.05) is 29.8 Å². The van der Waals surface area contributed by atoms with Gasteiger partial charge in [-0.05, 0) is 42.3 Å². The number of hydrogen-bond acceptors (Lipinski definition) is 3. The lowest BCUT2D eigenvalue weighted by atomic mass is 10.1. The van der Waals surface area contributed by atoms with E-state index in [0.717, 1.165) is 12.0 Å². The van der Waals surface area contributed by atoms with Crippen LogP contribution in [-0.4, -0.2) is 60.7 Å². The Hall–Kier alpha value is -2.86. The molecule has 0 radical (unpaired) electrons. The van der Waals surface area contributed by atoms with Crippen molar-refractivity contribution in [1.82, 2.24) is 15.1 Å². The molecular weight excluding hydrogens is 378 g/mol. The van der Waals surface area contributed by atoms with E-state index in [1.54, 1.807) is 34.1 Å². The van der Waals surface area contributed by atoms with Gasteiger partial charge in [0.15, 0.2) is 0 Å². The second kappa shape index (κ2) is 9.37. The van der Waals surface area contributed by atoms with E-state index in [1.807, 2.05) is 24.3 Å². The standard InChI is InChI=1S/C21H22ClN3O3/c22-19-6-1-3-16(13-19)7-8-23-20(27)17-4-2-5-18(14-17)21(28)25-11-9-24(15-26)10-12-25/h1-6,13-15H,7-12H2,(H,23,27). The summed E-state index contributed by atoms with van der Waals surface area (Å²) in [5.74, 6) is -0.346. The van der Waals surface area contributed by atoms with Crippen molar-refractivity contribution in [2.75, 3.05) is 32.7 Å². The van der Waals surface area contributed by atoms with Crippen molar-refractivity contribution in [2.24, 2.45) is 0 Å². The highest BCUT2D eigenvalue weighted by molar-refractivity contribution is 6.30. The number of amides is 3. The maximum Gasteiger partial charge on any atom is 0.253 e. The Bertz CT molecular complexity index is 863. The zero-order valence-corrected chi connectivity index (χ0v) is 16.2. The predicted octanol–water partition coefficient (Wildman–Crippen LogP) is 2.23. The molecule has 0 atom stereocenters. The molecule has 3 rings (SSSR count). The monoisotopic (exact) mass is 399 g/mol. The van der Waals surface area contributed by atoms with Gasteiger partial charge in [-0.2, -0.15) is 0 Å². The van der Waals surface area contributed by atoms with E-state index in [1.165, 1.54) is 0 Å². The maximum atomic E-state index is 12.7. The molecule has 0 aromatic heterocycles. The third-order valence-corrected chi connectivity index (χ3v) is 4.95. The highest BCUT2D eigenvalue weighted by Crippen LogP contribution is 2.12. The van der Waals surface area contributed by atoms with Crippen molar-refractivity contribution in [1.29, 1.82) is 0 Å². The Morgan fingerprint density at radius 3 is 2.43 bits per heavy atom. The van der Waals surface area contributed by atoms with Crippen LogP contribution in [0, 0.1) is 0 Å². The SMILES string of the molecule is O=CN1CCN(C(=O)c2cccc(C(=O)NCCc3cccc(Cl)c3)c2)CC1. The van der Waals surface area contributed by atoms with E-state index in [0.29, 0.717) is 55.3 Å². The molecule has 1 heterocycles. The third kappa shape index (κ3) is 5.10. The third-order valence-electron chi connectivity index (χ3n) is 4.71. The minimum Gasteiger partial charge on any atom is -0.352 e. The number of carbonyl (C=O) groups is 3. The topological polar surface area (TPSA) is 69.7 Å². The quantitative estimate of drug-likeness (QED) is 0.757. The van der Waals surface area contributed by atoms with Gasteiger partial charge >= 0.3 is 0 Å². The van der Waals surface area contributed by atoms with E-state index < -0.39 is 0 Å². The lowest BCUT2D eigenvalue weighted by molar-refractivity contribution is -0.119. The van der Waals surface area contributed by atoms with E-state index in [4.69, 9.17) is 11.6 Å². The van der Waals surface area contributed by atoms with Gasteiger partial charge in [0.25, 0.3) is 11.8 Å². The zero-order valence-electron chi connectivity index (χ0n) is 15.4. The molecule has 1 saturated heterocycles. The normalized spacial score (nSPS) is 13.9. The van der Waals surface area contributed by atoms with Gasteiger partial charge in [0, 0.05) is 48.9 Å². The van der Waals surface area contributed by atoms with Crippen LogP contribution in [0.15, 0.2) is 48.5 Å². The first-order chi connectivity index (χ1) is 13.6.